The van der Waals surface area contributed by atoms with Gasteiger partial charge in [0.05, 0.1) is 6.61 Å². The lowest BCUT2D eigenvalue weighted by atomic mass is 10.0. The fourth-order valence-corrected chi connectivity index (χ4v) is 2.26. The summed E-state index contributed by atoms with van der Waals surface area (Å²) in [5, 5.41) is 9.56. The molecule has 0 fully saturated rings. The van der Waals surface area contributed by atoms with Crippen molar-refractivity contribution in [1.29, 1.82) is 0 Å². The molecule has 2 aromatic rings. The van der Waals surface area contributed by atoms with Crippen molar-refractivity contribution in [3.05, 3.63) is 60.2 Å². The number of ether oxygens (including phenoxy) is 1. The minimum atomic E-state index is -0.884. The molecule has 4 nitrogen and oxygen atoms in total. The number of aliphatic carboxylic acids is 1. The fourth-order valence-electron chi connectivity index (χ4n) is 2.26. The maximum absolute atomic E-state index is 11.7. The molecule has 110 valence electrons. The highest BCUT2D eigenvalue weighted by Crippen LogP contribution is 2.27. The number of hydrogen-bond donors (Lipinski definition) is 1. The monoisotopic (exact) mass is 285 g/mol. The summed E-state index contributed by atoms with van der Waals surface area (Å²) in [6.45, 7) is 2.50. The first-order valence-corrected chi connectivity index (χ1v) is 6.87. The molecule has 0 saturated carbocycles. The van der Waals surface area contributed by atoms with E-state index in [1.165, 1.54) is 0 Å². The number of carbonyl (C=O) groups is 1. The minimum Gasteiger partial charge on any atom is -0.494 e. The van der Waals surface area contributed by atoms with Crippen molar-refractivity contribution < 1.29 is 14.6 Å². The zero-order valence-corrected chi connectivity index (χ0v) is 12.2. The number of nitrogens with zero attached hydrogens (tertiary/aromatic N) is 1. The largest absolute Gasteiger partial charge is 0.494 e. The van der Waals surface area contributed by atoms with Crippen LogP contribution in [0, 0.1) is 0 Å². The highest BCUT2D eigenvalue weighted by Gasteiger charge is 2.24. The molecule has 2 rings (SSSR count). The molecule has 0 saturated heterocycles. The number of carboxylic acids is 1. The molecule has 0 aliphatic carbocycles. The summed E-state index contributed by atoms with van der Waals surface area (Å²) in [5.41, 5.74) is 1.58. The maximum atomic E-state index is 11.7. The van der Waals surface area contributed by atoms with Gasteiger partial charge >= 0.3 is 5.97 Å². The first kappa shape index (κ1) is 14.9. The maximum Gasteiger partial charge on any atom is 0.331 e. The van der Waals surface area contributed by atoms with Crippen LogP contribution in [0.2, 0.25) is 0 Å². The second-order valence-electron chi connectivity index (χ2n) is 4.69. The molecular formula is C17H19NO3. The van der Waals surface area contributed by atoms with Crippen molar-refractivity contribution in [3.63, 3.8) is 0 Å². The number of rotatable bonds is 6. The molecule has 0 spiro atoms. The Bertz CT molecular complexity index is 581. The summed E-state index contributed by atoms with van der Waals surface area (Å²) >= 11 is 0. The van der Waals surface area contributed by atoms with Gasteiger partial charge in [0.2, 0.25) is 0 Å². The average Bonchev–Trinajstić information content (AvgIpc) is 2.50. The molecule has 2 aromatic carbocycles. The lowest BCUT2D eigenvalue weighted by Gasteiger charge is -2.27. The second kappa shape index (κ2) is 6.79. The molecule has 0 amide bonds. The predicted molar refractivity (Wildman–Crippen MR) is 82.8 cm³/mol. The Morgan fingerprint density at radius 3 is 2.29 bits per heavy atom. The molecule has 0 aliphatic rings. The van der Waals surface area contributed by atoms with E-state index in [1.807, 2.05) is 37.3 Å². The Morgan fingerprint density at radius 2 is 1.76 bits per heavy atom. The predicted octanol–water partition coefficient (Wildman–Crippen LogP) is 3.35. The van der Waals surface area contributed by atoms with Gasteiger partial charge in [-0.25, -0.2) is 4.79 Å². The third kappa shape index (κ3) is 3.54. The van der Waals surface area contributed by atoms with Gasteiger partial charge in [-0.05, 0) is 36.8 Å². The van der Waals surface area contributed by atoms with E-state index >= 15 is 0 Å². The highest BCUT2D eigenvalue weighted by atomic mass is 16.5. The highest BCUT2D eigenvalue weighted by molar-refractivity contribution is 5.80. The molecule has 1 unspecified atom stereocenters. The number of benzene rings is 2. The van der Waals surface area contributed by atoms with Crippen LogP contribution in [0.5, 0.6) is 5.75 Å². The van der Waals surface area contributed by atoms with Crippen molar-refractivity contribution in [1.82, 2.24) is 0 Å². The summed E-state index contributed by atoms with van der Waals surface area (Å²) in [7, 11) is 1.78. The summed E-state index contributed by atoms with van der Waals surface area (Å²) < 4.78 is 5.39. The molecule has 0 radical (unpaired) electrons. The van der Waals surface area contributed by atoms with E-state index in [2.05, 4.69) is 0 Å². The second-order valence-corrected chi connectivity index (χ2v) is 4.69. The number of likely N-dealkylation sites (N-methyl/N-ethyl adjacent to an activating group) is 1. The van der Waals surface area contributed by atoms with E-state index in [4.69, 9.17) is 4.74 Å². The molecule has 0 bridgehead atoms. The minimum absolute atomic E-state index is 0.589. The van der Waals surface area contributed by atoms with Crippen LogP contribution in [0.3, 0.4) is 0 Å². The van der Waals surface area contributed by atoms with E-state index < -0.39 is 12.0 Å². The fraction of sp³-hybridized carbons (Fsp3) is 0.235. The Morgan fingerprint density at radius 1 is 1.14 bits per heavy atom. The quantitative estimate of drug-likeness (QED) is 0.884. The van der Waals surface area contributed by atoms with Gasteiger partial charge < -0.3 is 14.7 Å². The molecule has 0 aliphatic heterocycles. The summed E-state index contributed by atoms with van der Waals surface area (Å²) in [6, 6.07) is 15.9. The van der Waals surface area contributed by atoms with Crippen LogP contribution < -0.4 is 9.64 Å². The zero-order valence-electron chi connectivity index (χ0n) is 12.2. The van der Waals surface area contributed by atoms with E-state index in [-0.39, 0.29) is 0 Å². The van der Waals surface area contributed by atoms with Crippen molar-refractivity contribution in [3.8, 4) is 5.75 Å². The topological polar surface area (TPSA) is 49.8 Å². The van der Waals surface area contributed by atoms with Gasteiger partial charge in [0.15, 0.2) is 6.04 Å². The summed E-state index contributed by atoms with van der Waals surface area (Å²) in [6.07, 6.45) is 0. The molecule has 4 heteroatoms. The number of para-hydroxylation sites is 1. The van der Waals surface area contributed by atoms with Crippen molar-refractivity contribution in [2.75, 3.05) is 18.6 Å². The molecule has 1 atom stereocenters. The van der Waals surface area contributed by atoms with Crippen LogP contribution in [0.1, 0.15) is 18.5 Å². The normalized spacial score (nSPS) is 11.7. The van der Waals surface area contributed by atoms with E-state index in [9.17, 15) is 9.90 Å². The van der Waals surface area contributed by atoms with Gasteiger partial charge in [0.25, 0.3) is 0 Å². The van der Waals surface area contributed by atoms with E-state index in [0.717, 1.165) is 17.0 Å². The third-order valence-electron chi connectivity index (χ3n) is 3.29. The molecular weight excluding hydrogens is 266 g/mol. The van der Waals surface area contributed by atoms with Crippen molar-refractivity contribution in [2.45, 2.75) is 13.0 Å². The van der Waals surface area contributed by atoms with Gasteiger partial charge in [-0.2, -0.15) is 0 Å². The van der Waals surface area contributed by atoms with Crippen LogP contribution in [-0.2, 0) is 4.79 Å². The summed E-state index contributed by atoms with van der Waals surface area (Å²) in [5.74, 6) is -0.140. The number of carboxylic acid groups (broad SMARTS) is 1. The van der Waals surface area contributed by atoms with Crippen LogP contribution in [0.15, 0.2) is 54.6 Å². The lowest BCUT2D eigenvalue weighted by Crippen LogP contribution is -2.30. The van der Waals surface area contributed by atoms with Gasteiger partial charge in [-0.1, -0.05) is 30.3 Å². The van der Waals surface area contributed by atoms with Gasteiger partial charge in [-0.3, -0.25) is 0 Å². The van der Waals surface area contributed by atoms with Crippen molar-refractivity contribution in [2.24, 2.45) is 0 Å². The smallest absolute Gasteiger partial charge is 0.331 e. The summed E-state index contributed by atoms with van der Waals surface area (Å²) in [4.78, 5) is 13.4. The van der Waals surface area contributed by atoms with Crippen LogP contribution in [0.25, 0.3) is 0 Å². The number of anilines is 1. The third-order valence-corrected chi connectivity index (χ3v) is 3.29. The lowest BCUT2D eigenvalue weighted by molar-refractivity contribution is -0.138. The van der Waals surface area contributed by atoms with E-state index in [0.29, 0.717) is 6.61 Å². The Hall–Kier alpha value is -2.49. The first-order chi connectivity index (χ1) is 10.1. The molecule has 21 heavy (non-hydrogen) atoms. The molecule has 0 aromatic heterocycles. The molecule has 0 heterocycles. The van der Waals surface area contributed by atoms with Gasteiger partial charge in [0, 0.05) is 12.7 Å². The average molecular weight is 285 g/mol. The first-order valence-electron chi connectivity index (χ1n) is 6.87. The number of hydrogen-bond acceptors (Lipinski definition) is 3. The van der Waals surface area contributed by atoms with Crippen molar-refractivity contribution >= 4 is 11.7 Å². The van der Waals surface area contributed by atoms with Gasteiger partial charge in [0.1, 0.15) is 5.75 Å². The SMILES string of the molecule is CCOc1ccc(C(C(=O)O)N(C)c2ccccc2)cc1. The van der Waals surface area contributed by atoms with Crippen LogP contribution in [0.4, 0.5) is 5.69 Å². The Labute approximate surface area is 124 Å². The van der Waals surface area contributed by atoms with Crippen LogP contribution in [-0.4, -0.2) is 24.7 Å². The standard InChI is InChI=1S/C17H19NO3/c1-3-21-15-11-9-13(10-12-15)16(17(19)20)18(2)14-7-5-4-6-8-14/h4-12,16H,3H2,1-2H3,(H,19,20). The zero-order chi connectivity index (χ0) is 15.2. The Kier molecular flexibility index (Phi) is 4.82. The van der Waals surface area contributed by atoms with E-state index in [1.54, 1.807) is 36.2 Å². The van der Waals surface area contributed by atoms with Crippen LogP contribution >= 0.6 is 0 Å². The molecule has 1 N–H and O–H groups in total. The Balaban J connectivity index is 2.28. The van der Waals surface area contributed by atoms with Gasteiger partial charge in [-0.15, -0.1) is 0 Å².